The van der Waals surface area contributed by atoms with E-state index in [2.05, 4.69) is 5.32 Å². The average molecular weight is 276 g/mol. The zero-order chi connectivity index (χ0) is 15.1. The Bertz CT molecular complexity index is 469. The number of hydrogen-bond acceptors (Lipinski definition) is 2. The molecule has 0 atom stereocenters. The van der Waals surface area contributed by atoms with Crippen molar-refractivity contribution in [1.82, 2.24) is 5.32 Å². The van der Waals surface area contributed by atoms with E-state index < -0.39 is 0 Å². The van der Waals surface area contributed by atoms with Crippen molar-refractivity contribution < 1.29 is 9.59 Å². The van der Waals surface area contributed by atoms with Crippen molar-refractivity contribution in [2.75, 3.05) is 18.0 Å². The molecule has 20 heavy (non-hydrogen) atoms. The van der Waals surface area contributed by atoms with Gasteiger partial charge in [-0.3, -0.25) is 9.59 Å². The van der Waals surface area contributed by atoms with Gasteiger partial charge in [0.25, 0.3) is 0 Å². The molecule has 4 heteroatoms. The molecule has 2 amide bonds. The SMILES string of the molecule is CC(=O)N(CCNC(=O)CC(C)C)c1ccccc1C. The van der Waals surface area contributed by atoms with Crippen molar-refractivity contribution in [2.24, 2.45) is 5.92 Å². The number of nitrogens with one attached hydrogen (secondary N) is 1. The lowest BCUT2D eigenvalue weighted by Crippen LogP contribution is -2.38. The number of amides is 2. The third-order valence-electron chi connectivity index (χ3n) is 3.04. The number of benzene rings is 1. The summed E-state index contributed by atoms with van der Waals surface area (Å²) in [5.41, 5.74) is 1.95. The Balaban J connectivity index is 2.60. The number of rotatable bonds is 6. The number of nitrogens with zero attached hydrogens (tertiary/aromatic N) is 1. The highest BCUT2D eigenvalue weighted by Crippen LogP contribution is 2.18. The Kier molecular flexibility index (Phi) is 6.22. The fourth-order valence-electron chi connectivity index (χ4n) is 2.06. The second-order valence-corrected chi connectivity index (χ2v) is 5.41. The van der Waals surface area contributed by atoms with E-state index >= 15 is 0 Å². The Hall–Kier alpha value is -1.84. The van der Waals surface area contributed by atoms with Gasteiger partial charge in [0.1, 0.15) is 0 Å². The van der Waals surface area contributed by atoms with Crippen molar-refractivity contribution in [3.8, 4) is 0 Å². The van der Waals surface area contributed by atoms with Gasteiger partial charge < -0.3 is 10.2 Å². The van der Waals surface area contributed by atoms with Gasteiger partial charge in [0.15, 0.2) is 0 Å². The van der Waals surface area contributed by atoms with Crippen LogP contribution in [0.15, 0.2) is 24.3 Å². The normalized spacial score (nSPS) is 10.4. The molecule has 0 unspecified atom stereocenters. The molecule has 0 heterocycles. The first-order chi connectivity index (χ1) is 9.41. The van der Waals surface area contributed by atoms with Crippen LogP contribution in [-0.4, -0.2) is 24.9 Å². The van der Waals surface area contributed by atoms with E-state index in [1.807, 2.05) is 45.0 Å². The summed E-state index contributed by atoms with van der Waals surface area (Å²) < 4.78 is 0. The summed E-state index contributed by atoms with van der Waals surface area (Å²) in [5.74, 6) is 0.362. The van der Waals surface area contributed by atoms with Gasteiger partial charge in [-0.15, -0.1) is 0 Å². The van der Waals surface area contributed by atoms with Crippen molar-refractivity contribution in [3.63, 3.8) is 0 Å². The minimum Gasteiger partial charge on any atom is -0.354 e. The summed E-state index contributed by atoms with van der Waals surface area (Å²) in [6.07, 6.45) is 0.518. The monoisotopic (exact) mass is 276 g/mol. The van der Waals surface area contributed by atoms with Crippen molar-refractivity contribution in [1.29, 1.82) is 0 Å². The highest BCUT2D eigenvalue weighted by Gasteiger charge is 2.13. The van der Waals surface area contributed by atoms with E-state index in [0.717, 1.165) is 11.3 Å². The van der Waals surface area contributed by atoms with Crippen LogP contribution in [0.4, 0.5) is 5.69 Å². The summed E-state index contributed by atoms with van der Waals surface area (Å²) >= 11 is 0. The minimum atomic E-state index is -0.0163. The van der Waals surface area contributed by atoms with Crippen LogP contribution >= 0.6 is 0 Å². The predicted molar refractivity (Wildman–Crippen MR) is 81.7 cm³/mol. The molecule has 0 aromatic heterocycles. The molecule has 1 aromatic rings. The van der Waals surface area contributed by atoms with E-state index in [9.17, 15) is 9.59 Å². The van der Waals surface area contributed by atoms with E-state index in [0.29, 0.717) is 25.4 Å². The van der Waals surface area contributed by atoms with Crippen molar-refractivity contribution in [3.05, 3.63) is 29.8 Å². The molecule has 0 aliphatic heterocycles. The second kappa shape index (κ2) is 7.68. The Labute approximate surface area is 121 Å². The Morgan fingerprint density at radius 1 is 1.25 bits per heavy atom. The zero-order valence-electron chi connectivity index (χ0n) is 12.8. The summed E-state index contributed by atoms with van der Waals surface area (Å²) in [6, 6.07) is 7.76. The molecule has 4 nitrogen and oxygen atoms in total. The lowest BCUT2D eigenvalue weighted by Gasteiger charge is -2.23. The summed E-state index contributed by atoms with van der Waals surface area (Å²) in [7, 11) is 0. The van der Waals surface area contributed by atoms with Crippen LogP contribution in [0.1, 0.15) is 32.8 Å². The van der Waals surface area contributed by atoms with E-state index in [-0.39, 0.29) is 11.8 Å². The Morgan fingerprint density at radius 3 is 2.45 bits per heavy atom. The average Bonchev–Trinajstić information content (AvgIpc) is 2.34. The molecule has 0 spiro atoms. The largest absolute Gasteiger partial charge is 0.354 e. The molecule has 1 rings (SSSR count). The molecule has 110 valence electrons. The molecule has 0 aliphatic carbocycles. The van der Waals surface area contributed by atoms with Crippen LogP contribution in [0.3, 0.4) is 0 Å². The van der Waals surface area contributed by atoms with Gasteiger partial charge in [0.2, 0.25) is 11.8 Å². The van der Waals surface area contributed by atoms with E-state index in [4.69, 9.17) is 0 Å². The number of carbonyl (C=O) groups excluding carboxylic acids is 2. The first-order valence-corrected chi connectivity index (χ1v) is 7.02. The lowest BCUT2D eigenvalue weighted by atomic mass is 10.1. The third kappa shape index (κ3) is 5.03. The van der Waals surface area contributed by atoms with Crippen molar-refractivity contribution >= 4 is 17.5 Å². The van der Waals surface area contributed by atoms with Crippen LogP contribution in [0.25, 0.3) is 0 Å². The molecule has 1 N–H and O–H groups in total. The van der Waals surface area contributed by atoms with Crippen LogP contribution in [0.2, 0.25) is 0 Å². The fraction of sp³-hybridized carbons (Fsp3) is 0.500. The van der Waals surface area contributed by atoms with Crippen LogP contribution in [0, 0.1) is 12.8 Å². The van der Waals surface area contributed by atoms with Crippen LogP contribution < -0.4 is 10.2 Å². The molecule has 0 fully saturated rings. The lowest BCUT2D eigenvalue weighted by molar-refractivity contribution is -0.122. The third-order valence-corrected chi connectivity index (χ3v) is 3.04. The van der Waals surface area contributed by atoms with Crippen LogP contribution in [-0.2, 0) is 9.59 Å². The molecule has 0 aliphatic rings. The summed E-state index contributed by atoms with van der Waals surface area (Å²) in [4.78, 5) is 25.1. The first kappa shape index (κ1) is 16.2. The highest BCUT2D eigenvalue weighted by atomic mass is 16.2. The standard InChI is InChI=1S/C16H24N2O2/c1-12(2)11-16(20)17-9-10-18(14(4)19)15-8-6-5-7-13(15)3/h5-8,12H,9-11H2,1-4H3,(H,17,20). The second-order valence-electron chi connectivity index (χ2n) is 5.41. The predicted octanol–water partition coefficient (Wildman–Crippen LogP) is 2.51. The molecule has 1 aromatic carbocycles. The van der Waals surface area contributed by atoms with Gasteiger partial charge in [-0.05, 0) is 24.5 Å². The fourth-order valence-corrected chi connectivity index (χ4v) is 2.06. The molecule has 0 bridgehead atoms. The number of anilines is 1. The summed E-state index contributed by atoms with van der Waals surface area (Å²) in [6.45, 7) is 8.50. The number of para-hydroxylation sites is 1. The summed E-state index contributed by atoms with van der Waals surface area (Å²) in [5, 5.41) is 2.86. The molecule has 0 saturated heterocycles. The smallest absolute Gasteiger partial charge is 0.223 e. The maximum atomic E-state index is 11.8. The van der Waals surface area contributed by atoms with Gasteiger partial charge in [-0.1, -0.05) is 32.0 Å². The quantitative estimate of drug-likeness (QED) is 0.868. The van der Waals surface area contributed by atoms with Gasteiger partial charge in [-0.25, -0.2) is 0 Å². The maximum Gasteiger partial charge on any atom is 0.223 e. The maximum absolute atomic E-state index is 11.8. The van der Waals surface area contributed by atoms with Crippen molar-refractivity contribution in [2.45, 2.75) is 34.1 Å². The molecular weight excluding hydrogens is 252 g/mol. The molecule has 0 radical (unpaired) electrons. The van der Waals surface area contributed by atoms with Gasteiger partial charge in [0, 0.05) is 32.1 Å². The first-order valence-electron chi connectivity index (χ1n) is 7.02. The number of aryl methyl sites for hydroxylation is 1. The topological polar surface area (TPSA) is 49.4 Å². The van der Waals surface area contributed by atoms with Gasteiger partial charge >= 0.3 is 0 Å². The molecular formula is C16H24N2O2. The number of hydrogen-bond donors (Lipinski definition) is 1. The highest BCUT2D eigenvalue weighted by molar-refractivity contribution is 5.92. The molecule has 0 saturated carbocycles. The minimum absolute atomic E-state index is 0.0163. The van der Waals surface area contributed by atoms with Gasteiger partial charge in [0.05, 0.1) is 0 Å². The number of carbonyl (C=O) groups is 2. The Morgan fingerprint density at radius 2 is 1.90 bits per heavy atom. The zero-order valence-corrected chi connectivity index (χ0v) is 12.8. The van der Waals surface area contributed by atoms with Crippen LogP contribution in [0.5, 0.6) is 0 Å². The van der Waals surface area contributed by atoms with E-state index in [1.54, 1.807) is 11.8 Å². The van der Waals surface area contributed by atoms with E-state index in [1.165, 1.54) is 0 Å². The van der Waals surface area contributed by atoms with Gasteiger partial charge in [-0.2, -0.15) is 0 Å².